The van der Waals surface area contributed by atoms with Crippen molar-refractivity contribution in [1.82, 2.24) is 4.98 Å². The highest BCUT2D eigenvalue weighted by molar-refractivity contribution is 5.75. The van der Waals surface area contributed by atoms with E-state index in [0.29, 0.717) is 16.8 Å². The van der Waals surface area contributed by atoms with Crippen LogP contribution in [0.2, 0.25) is 0 Å². The minimum absolute atomic E-state index is 0.00446. The summed E-state index contributed by atoms with van der Waals surface area (Å²) < 4.78 is 18.4. The number of rotatable bonds is 3. The highest BCUT2D eigenvalue weighted by atomic mass is 19.1. The molecule has 3 rings (SSSR count). The monoisotopic (exact) mass is 273 g/mol. The van der Waals surface area contributed by atoms with E-state index in [9.17, 15) is 14.5 Å². The number of benzene rings is 2. The molecule has 20 heavy (non-hydrogen) atoms. The van der Waals surface area contributed by atoms with Crippen molar-refractivity contribution in [2.24, 2.45) is 0 Å². The van der Waals surface area contributed by atoms with Crippen LogP contribution < -0.4 is 5.32 Å². The Morgan fingerprint density at radius 3 is 2.65 bits per heavy atom. The van der Waals surface area contributed by atoms with Gasteiger partial charge in [0.05, 0.1) is 4.92 Å². The number of non-ortho nitro benzene ring substituents is 1. The summed E-state index contributed by atoms with van der Waals surface area (Å²) in [4.78, 5) is 14.1. The van der Waals surface area contributed by atoms with E-state index >= 15 is 0 Å². The average Bonchev–Trinajstić information content (AvgIpc) is 2.80. The fourth-order valence-electron chi connectivity index (χ4n) is 1.74. The van der Waals surface area contributed by atoms with Crippen molar-refractivity contribution >= 4 is 28.5 Å². The molecule has 0 unspecified atom stereocenters. The molecule has 1 aromatic heterocycles. The van der Waals surface area contributed by atoms with E-state index in [1.54, 1.807) is 0 Å². The van der Waals surface area contributed by atoms with Gasteiger partial charge in [-0.3, -0.25) is 10.1 Å². The molecule has 0 amide bonds. The summed E-state index contributed by atoms with van der Waals surface area (Å²) in [5, 5.41) is 13.4. The third-order valence-corrected chi connectivity index (χ3v) is 2.68. The lowest BCUT2D eigenvalue weighted by Crippen LogP contribution is -1.91. The SMILES string of the molecule is O=[N+]([O-])c1ccc(Nc2nc3cc(F)ccc3o2)cc1. The number of nitrogens with zero attached hydrogens (tertiary/aromatic N) is 2. The van der Waals surface area contributed by atoms with Crippen LogP contribution >= 0.6 is 0 Å². The molecule has 100 valence electrons. The van der Waals surface area contributed by atoms with Crippen LogP contribution in [0.4, 0.5) is 21.8 Å². The predicted octanol–water partition coefficient (Wildman–Crippen LogP) is 3.62. The zero-order valence-corrected chi connectivity index (χ0v) is 10.0. The zero-order chi connectivity index (χ0) is 14.1. The molecule has 6 nitrogen and oxygen atoms in total. The molecule has 2 aromatic carbocycles. The van der Waals surface area contributed by atoms with E-state index in [0.717, 1.165) is 0 Å². The van der Waals surface area contributed by atoms with E-state index in [1.807, 2.05) is 0 Å². The second kappa shape index (κ2) is 4.61. The highest BCUT2D eigenvalue weighted by Gasteiger charge is 2.08. The van der Waals surface area contributed by atoms with Crippen LogP contribution in [0.1, 0.15) is 0 Å². The van der Waals surface area contributed by atoms with Crippen molar-refractivity contribution in [3.05, 3.63) is 58.4 Å². The fraction of sp³-hybridized carbons (Fsp3) is 0. The number of hydrogen-bond donors (Lipinski definition) is 1. The number of halogens is 1. The number of nitro benzene ring substituents is 1. The van der Waals surface area contributed by atoms with Gasteiger partial charge in [-0.15, -0.1) is 0 Å². The Balaban J connectivity index is 1.87. The summed E-state index contributed by atoms with van der Waals surface area (Å²) in [6.07, 6.45) is 0. The second-order valence-electron chi connectivity index (χ2n) is 4.06. The molecular formula is C13H8FN3O3. The largest absolute Gasteiger partial charge is 0.423 e. The standard InChI is InChI=1S/C13H8FN3O3/c14-8-1-6-12-11(7-8)16-13(20-12)15-9-2-4-10(5-3-9)17(18)19/h1-7H,(H,15,16). The van der Waals surface area contributed by atoms with Crippen LogP contribution in [-0.4, -0.2) is 9.91 Å². The summed E-state index contributed by atoms with van der Waals surface area (Å²) in [5.41, 5.74) is 1.43. The first-order valence-electron chi connectivity index (χ1n) is 5.69. The maximum Gasteiger partial charge on any atom is 0.300 e. The molecule has 0 aliphatic heterocycles. The van der Waals surface area contributed by atoms with Gasteiger partial charge in [0, 0.05) is 23.9 Å². The van der Waals surface area contributed by atoms with Gasteiger partial charge in [-0.05, 0) is 24.3 Å². The number of aromatic nitrogens is 1. The maximum absolute atomic E-state index is 13.0. The van der Waals surface area contributed by atoms with Crippen molar-refractivity contribution in [3.63, 3.8) is 0 Å². The summed E-state index contributed by atoms with van der Waals surface area (Å²) in [6.45, 7) is 0. The molecule has 0 aliphatic carbocycles. The zero-order valence-electron chi connectivity index (χ0n) is 10.0. The van der Waals surface area contributed by atoms with Crippen LogP contribution in [-0.2, 0) is 0 Å². The molecule has 3 aromatic rings. The summed E-state index contributed by atoms with van der Waals surface area (Å²) in [6, 6.07) is 10.0. The third-order valence-electron chi connectivity index (χ3n) is 2.68. The Kier molecular flexibility index (Phi) is 2.79. The molecule has 0 bridgehead atoms. The maximum atomic E-state index is 13.0. The number of oxazole rings is 1. The molecular weight excluding hydrogens is 265 g/mol. The summed E-state index contributed by atoms with van der Waals surface area (Å²) >= 11 is 0. The first kappa shape index (κ1) is 12.1. The molecule has 0 radical (unpaired) electrons. The minimum atomic E-state index is -0.480. The van der Waals surface area contributed by atoms with Gasteiger partial charge in [0.2, 0.25) is 0 Å². The normalized spacial score (nSPS) is 10.7. The van der Waals surface area contributed by atoms with Crippen LogP contribution in [0.3, 0.4) is 0 Å². The van der Waals surface area contributed by atoms with Crippen molar-refractivity contribution in [3.8, 4) is 0 Å². The molecule has 1 N–H and O–H groups in total. The average molecular weight is 273 g/mol. The molecule has 0 fully saturated rings. The second-order valence-corrected chi connectivity index (χ2v) is 4.06. The molecule has 1 heterocycles. The van der Waals surface area contributed by atoms with Gasteiger partial charge in [-0.1, -0.05) is 0 Å². The topological polar surface area (TPSA) is 81.2 Å². The number of nitrogens with one attached hydrogen (secondary N) is 1. The predicted molar refractivity (Wildman–Crippen MR) is 70.3 cm³/mol. The van der Waals surface area contributed by atoms with Gasteiger partial charge < -0.3 is 9.73 Å². The lowest BCUT2D eigenvalue weighted by molar-refractivity contribution is -0.384. The van der Waals surface area contributed by atoms with E-state index in [-0.39, 0.29) is 11.7 Å². The Labute approximate surface area is 112 Å². The van der Waals surface area contributed by atoms with Crippen molar-refractivity contribution in [1.29, 1.82) is 0 Å². The number of fused-ring (bicyclic) bond motifs is 1. The molecule has 0 spiro atoms. The van der Waals surface area contributed by atoms with Gasteiger partial charge in [-0.25, -0.2) is 4.39 Å². The Morgan fingerprint density at radius 2 is 1.95 bits per heavy atom. The number of nitro groups is 1. The van der Waals surface area contributed by atoms with E-state index in [2.05, 4.69) is 10.3 Å². The molecule has 0 saturated carbocycles. The van der Waals surface area contributed by atoms with E-state index < -0.39 is 10.7 Å². The molecule has 0 atom stereocenters. The lowest BCUT2D eigenvalue weighted by Gasteiger charge is -2.00. The summed E-state index contributed by atoms with van der Waals surface area (Å²) in [7, 11) is 0. The molecule has 0 saturated heterocycles. The first-order valence-corrected chi connectivity index (χ1v) is 5.69. The third kappa shape index (κ3) is 2.28. The minimum Gasteiger partial charge on any atom is -0.423 e. The van der Waals surface area contributed by atoms with Gasteiger partial charge in [0.15, 0.2) is 5.58 Å². The van der Waals surface area contributed by atoms with E-state index in [1.165, 1.54) is 42.5 Å². The smallest absolute Gasteiger partial charge is 0.300 e. The van der Waals surface area contributed by atoms with Crippen LogP contribution in [0.25, 0.3) is 11.1 Å². The van der Waals surface area contributed by atoms with Crippen LogP contribution in [0.15, 0.2) is 46.9 Å². The van der Waals surface area contributed by atoms with Crippen molar-refractivity contribution in [2.75, 3.05) is 5.32 Å². The van der Waals surface area contributed by atoms with Gasteiger partial charge in [-0.2, -0.15) is 4.98 Å². The Hall–Kier alpha value is -2.96. The van der Waals surface area contributed by atoms with Gasteiger partial charge >= 0.3 is 0 Å². The van der Waals surface area contributed by atoms with Crippen molar-refractivity contribution < 1.29 is 13.7 Å². The van der Waals surface area contributed by atoms with Gasteiger partial charge in [0.1, 0.15) is 11.3 Å². The lowest BCUT2D eigenvalue weighted by atomic mass is 10.3. The number of anilines is 2. The Bertz CT molecular complexity index is 783. The van der Waals surface area contributed by atoms with Gasteiger partial charge in [0.25, 0.3) is 11.7 Å². The Morgan fingerprint density at radius 1 is 1.20 bits per heavy atom. The van der Waals surface area contributed by atoms with Crippen molar-refractivity contribution in [2.45, 2.75) is 0 Å². The van der Waals surface area contributed by atoms with Crippen LogP contribution in [0.5, 0.6) is 0 Å². The fourth-order valence-corrected chi connectivity index (χ4v) is 1.74. The van der Waals surface area contributed by atoms with Crippen LogP contribution in [0, 0.1) is 15.9 Å². The quantitative estimate of drug-likeness (QED) is 0.582. The first-order chi connectivity index (χ1) is 9.61. The molecule has 0 aliphatic rings. The summed E-state index contributed by atoms with van der Waals surface area (Å²) in [5.74, 6) is -0.396. The number of hydrogen-bond acceptors (Lipinski definition) is 5. The molecule has 7 heteroatoms. The van der Waals surface area contributed by atoms with E-state index in [4.69, 9.17) is 4.42 Å². The highest BCUT2D eigenvalue weighted by Crippen LogP contribution is 2.23.